The summed E-state index contributed by atoms with van der Waals surface area (Å²) in [7, 11) is 1.86. The molecule has 1 aliphatic heterocycles. The SMILES string of the molecule is Cn1cc(-c2nc([C@@H]3COCCN3CCc3ccccc3)no2)cn1. The molecule has 3 aromatic rings. The largest absolute Gasteiger partial charge is 0.378 e. The molecule has 0 radical (unpaired) electrons. The van der Waals surface area contributed by atoms with Crippen molar-refractivity contribution in [3.05, 3.63) is 54.1 Å². The minimum absolute atomic E-state index is 0.0200. The molecule has 0 saturated carbocycles. The van der Waals surface area contributed by atoms with Crippen LogP contribution in [0.15, 0.2) is 47.2 Å². The number of benzene rings is 1. The van der Waals surface area contributed by atoms with E-state index in [0.717, 1.165) is 31.7 Å². The number of morpholine rings is 1. The lowest BCUT2D eigenvalue weighted by molar-refractivity contribution is -0.0118. The molecule has 2 aromatic heterocycles. The third kappa shape index (κ3) is 3.62. The number of aryl methyl sites for hydroxylation is 1. The van der Waals surface area contributed by atoms with Gasteiger partial charge in [0.15, 0.2) is 5.82 Å². The Morgan fingerprint density at radius 2 is 2.12 bits per heavy atom. The van der Waals surface area contributed by atoms with Crippen molar-refractivity contribution in [2.24, 2.45) is 7.05 Å². The number of aromatic nitrogens is 4. The third-order valence-electron chi connectivity index (χ3n) is 4.46. The van der Waals surface area contributed by atoms with E-state index in [0.29, 0.717) is 18.3 Å². The van der Waals surface area contributed by atoms with Crippen molar-refractivity contribution in [3.63, 3.8) is 0 Å². The minimum atomic E-state index is 0.0200. The fourth-order valence-electron chi connectivity index (χ4n) is 3.08. The lowest BCUT2D eigenvalue weighted by atomic mass is 10.1. The van der Waals surface area contributed by atoms with Gasteiger partial charge in [-0.1, -0.05) is 35.5 Å². The van der Waals surface area contributed by atoms with E-state index in [9.17, 15) is 0 Å². The molecule has 7 nitrogen and oxygen atoms in total. The van der Waals surface area contributed by atoms with Crippen LogP contribution in [0.2, 0.25) is 0 Å². The predicted molar refractivity (Wildman–Crippen MR) is 91.8 cm³/mol. The summed E-state index contributed by atoms with van der Waals surface area (Å²) in [6.07, 6.45) is 4.58. The van der Waals surface area contributed by atoms with Crippen LogP contribution in [0.4, 0.5) is 0 Å². The van der Waals surface area contributed by atoms with Crippen LogP contribution in [0.1, 0.15) is 17.4 Å². The second-order valence-corrected chi connectivity index (χ2v) is 6.22. The van der Waals surface area contributed by atoms with Crippen LogP contribution >= 0.6 is 0 Å². The van der Waals surface area contributed by atoms with Gasteiger partial charge < -0.3 is 9.26 Å². The first-order chi connectivity index (χ1) is 12.3. The Bertz CT molecular complexity index is 814. The standard InChI is InChI=1S/C18H21N5O2/c1-22-12-15(11-19-22)18-20-17(21-25-18)16-13-24-10-9-23(16)8-7-14-5-3-2-4-6-14/h2-6,11-12,16H,7-10,13H2,1H3/t16-/m0/s1. The fraction of sp³-hybridized carbons (Fsp3) is 0.389. The van der Waals surface area contributed by atoms with Crippen LogP contribution in [-0.4, -0.2) is 51.1 Å². The van der Waals surface area contributed by atoms with Crippen molar-refractivity contribution < 1.29 is 9.26 Å². The predicted octanol–water partition coefficient (Wildman–Crippen LogP) is 2.09. The highest BCUT2D eigenvalue weighted by molar-refractivity contribution is 5.49. The maximum absolute atomic E-state index is 5.66. The van der Waals surface area contributed by atoms with Crippen LogP contribution in [0.3, 0.4) is 0 Å². The van der Waals surface area contributed by atoms with Gasteiger partial charge in [-0.2, -0.15) is 10.1 Å². The van der Waals surface area contributed by atoms with Crippen molar-refractivity contribution in [1.82, 2.24) is 24.8 Å². The molecule has 0 unspecified atom stereocenters. The average molecular weight is 339 g/mol. The van der Waals surface area contributed by atoms with Gasteiger partial charge in [0, 0.05) is 26.3 Å². The van der Waals surface area contributed by atoms with Gasteiger partial charge in [0.2, 0.25) is 0 Å². The van der Waals surface area contributed by atoms with Gasteiger partial charge >= 0.3 is 0 Å². The first-order valence-electron chi connectivity index (χ1n) is 8.48. The first kappa shape index (κ1) is 16.0. The summed E-state index contributed by atoms with van der Waals surface area (Å²) in [4.78, 5) is 6.94. The summed E-state index contributed by atoms with van der Waals surface area (Å²) in [5.41, 5.74) is 2.16. The number of nitrogens with zero attached hydrogens (tertiary/aromatic N) is 5. The zero-order valence-corrected chi connectivity index (χ0v) is 14.2. The molecule has 1 atom stereocenters. The third-order valence-corrected chi connectivity index (χ3v) is 4.46. The van der Waals surface area contributed by atoms with Crippen LogP contribution in [0.25, 0.3) is 11.5 Å². The van der Waals surface area contributed by atoms with Crippen LogP contribution in [0, 0.1) is 0 Å². The number of rotatable bonds is 5. The molecule has 3 heterocycles. The molecule has 0 aliphatic carbocycles. The molecule has 0 amide bonds. The summed E-state index contributed by atoms with van der Waals surface area (Å²) in [6.45, 7) is 3.13. The zero-order chi connectivity index (χ0) is 17.1. The van der Waals surface area contributed by atoms with E-state index in [4.69, 9.17) is 9.26 Å². The summed E-state index contributed by atoms with van der Waals surface area (Å²) >= 11 is 0. The molecule has 1 aromatic carbocycles. The van der Waals surface area contributed by atoms with E-state index >= 15 is 0 Å². The van der Waals surface area contributed by atoms with Gasteiger partial charge in [0.25, 0.3) is 5.89 Å². The Morgan fingerprint density at radius 3 is 2.92 bits per heavy atom. The zero-order valence-electron chi connectivity index (χ0n) is 14.2. The Labute approximate surface area is 146 Å². The number of ether oxygens (including phenoxy) is 1. The topological polar surface area (TPSA) is 69.2 Å². The molecule has 0 N–H and O–H groups in total. The molecule has 4 rings (SSSR count). The second-order valence-electron chi connectivity index (χ2n) is 6.22. The molecule has 25 heavy (non-hydrogen) atoms. The molecular weight excluding hydrogens is 318 g/mol. The second kappa shape index (κ2) is 7.16. The lowest BCUT2D eigenvalue weighted by Gasteiger charge is -2.33. The van der Waals surface area contributed by atoms with E-state index in [2.05, 4.69) is 44.4 Å². The Balaban J connectivity index is 1.48. The normalized spacial score (nSPS) is 18.5. The van der Waals surface area contributed by atoms with Gasteiger partial charge in [0.1, 0.15) is 0 Å². The van der Waals surface area contributed by atoms with Crippen LogP contribution in [-0.2, 0) is 18.2 Å². The van der Waals surface area contributed by atoms with Gasteiger partial charge in [-0.3, -0.25) is 9.58 Å². The smallest absolute Gasteiger partial charge is 0.261 e. The van der Waals surface area contributed by atoms with E-state index in [1.54, 1.807) is 10.9 Å². The molecule has 1 saturated heterocycles. The molecule has 0 bridgehead atoms. The van der Waals surface area contributed by atoms with Crippen molar-refractivity contribution in [2.45, 2.75) is 12.5 Å². The average Bonchev–Trinajstić information content (AvgIpc) is 3.30. The van der Waals surface area contributed by atoms with Crippen molar-refractivity contribution in [1.29, 1.82) is 0 Å². The van der Waals surface area contributed by atoms with E-state index in [1.165, 1.54) is 5.56 Å². The monoisotopic (exact) mass is 339 g/mol. The fourth-order valence-corrected chi connectivity index (χ4v) is 3.08. The molecule has 1 aliphatic rings. The quantitative estimate of drug-likeness (QED) is 0.709. The highest BCUT2D eigenvalue weighted by atomic mass is 16.5. The summed E-state index contributed by atoms with van der Waals surface area (Å²) in [5.74, 6) is 1.17. The van der Waals surface area contributed by atoms with E-state index in [-0.39, 0.29) is 6.04 Å². The highest BCUT2D eigenvalue weighted by Crippen LogP contribution is 2.25. The number of hydrogen-bond acceptors (Lipinski definition) is 6. The van der Waals surface area contributed by atoms with Crippen LogP contribution in [0.5, 0.6) is 0 Å². The van der Waals surface area contributed by atoms with E-state index < -0.39 is 0 Å². The molecule has 7 heteroatoms. The highest BCUT2D eigenvalue weighted by Gasteiger charge is 2.29. The first-order valence-corrected chi connectivity index (χ1v) is 8.48. The molecule has 0 spiro atoms. The van der Waals surface area contributed by atoms with Gasteiger partial charge in [-0.25, -0.2) is 0 Å². The van der Waals surface area contributed by atoms with Gasteiger partial charge in [-0.15, -0.1) is 0 Å². The molecular formula is C18H21N5O2. The van der Waals surface area contributed by atoms with Gasteiger partial charge in [-0.05, 0) is 12.0 Å². The van der Waals surface area contributed by atoms with Crippen molar-refractivity contribution in [2.75, 3.05) is 26.3 Å². The number of hydrogen-bond donors (Lipinski definition) is 0. The minimum Gasteiger partial charge on any atom is -0.378 e. The van der Waals surface area contributed by atoms with Crippen LogP contribution < -0.4 is 0 Å². The molecule has 130 valence electrons. The Kier molecular flexibility index (Phi) is 4.58. The van der Waals surface area contributed by atoms with Gasteiger partial charge in [0.05, 0.1) is 31.0 Å². The summed E-state index contributed by atoms with van der Waals surface area (Å²) in [5, 5.41) is 8.33. The maximum atomic E-state index is 5.66. The van der Waals surface area contributed by atoms with E-state index in [1.807, 2.05) is 19.3 Å². The Hall–Kier alpha value is -2.51. The summed E-state index contributed by atoms with van der Waals surface area (Å²) in [6, 6.07) is 10.5. The Morgan fingerprint density at radius 1 is 1.24 bits per heavy atom. The van der Waals surface area contributed by atoms with Crippen molar-refractivity contribution >= 4 is 0 Å². The molecule has 1 fully saturated rings. The van der Waals surface area contributed by atoms with Crippen molar-refractivity contribution in [3.8, 4) is 11.5 Å². The lowest BCUT2D eigenvalue weighted by Crippen LogP contribution is -2.41. The summed E-state index contributed by atoms with van der Waals surface area (Å²) < 4.78 is 12.8. The maximum Gasteiger partial charge on any atom is 0.261 e.